The van der Waals surface area contributed by atoms with E-state index in [0.29, 0.717) is 0 Å². The first kappa shape index (κ1) is 27.5. The zero-order valence-electron chi connectivity index (χ0n) is 26.7. The van der Waals surface area contributed by atoms with Gasteiger partial charge in [-0.25, -0.2) is 0 Å². The van der Waals surface area contributed by atoms with Crippen LogP contribution in [0.3, 0.4) is 0 Å². The maximum Gasteiger partial charge on any atom is 0.151 e. The van der Waals surface area contributed by atoms with E-state index in [1.54, 1.807) is 0 Å². The third-order valence-corrected chi connectivity index (χ3v) is 9.93. The van der Waals surface area contributed by atoms with Crippen molar-refractivity contribution in [3.63, 3.8) is 0 Å². The Morgan fingerprint density at radius 2 is 1.21 bits per heavy atom. The molecule has 0 amide bonds. The van der Waals surface area contributed by atoms with Crippen LogP contribution in [0.5, 0.6) is 11.5 Å². The van der Waals surface area contributed by atoms with Gasteiger partial charge >= 0.3 is 0 Å². The maximum absolute atomic E-state index is 6.57. The van der Waals surface area contributed by atoms with Crippen molar-refractivity contribution in [1.82, 2.24) is 0 Å². The molecule has 7 aromatic rings. The molecule has 0 atom stereocenters. The van der Waals surface area contributed by atoms with Crippen LogP contribution in [-0.4, -0.2) is 0 Å². The topological polar surface area (TPSA) is 15.7 Å². The van der Waals surface area contributed by atoms with Crippen LogP contribution in [0.2, 0.25) is 0 Å². The Morgan fingerprint density at radius 3 is 2.04 bits per heavy atom. The van der Waals surface area contributed by atoms with E-state index >= 15 is 0 Å². The Kier molecular flexibility index (Phi) is 6.07. The van der Waals surface area contributed by atoms with Gasteiger partial charge < -0.3 is 14.5 Å². The van der Waals surface area contributed by atoms with Crippen LogP contribution in [0.15, 0.2) is 152 Å². The van der Waals surface area contributed by atoms with Crippen molar-refractivity contribution in [1.29, 1.82) is 0 Å². The van der Waals surface area contributed by atoms with Crippen molar-refractivity contribution in [3.8, 4) is 22.6 Å². The van der Waals surface area contributed by atoms with Crippen LogP contribution in [0.4, 0.5) is 34.1 Å². The molecule has 0 aliphatic carbocycles. The number of nitrogens with zero attached hydrogens (tertiary/aromatic N) is 2. The van der Waals surface area contributed by atoms with Gasteiger partial charge in [0.2, 0.25) is 0 Å². The number of para-hydroxylation sites is 2. The first-order valence-electron chi connectivity index (χ1n) is 16.3. The molecule has 3 nitrogen and oxygen atoms in total. The Morgan fingerprint density at radius 1 is 0.553 bits per heavy atom. The van der Waals surface area contributed by atoms with E-state index in [1.807, 2.05) is 0 Å². The highest BCUT2D eigenvalue weighted by Gasteiger charge is 2.42. The first-order valence-corrected chi connectivity index (χ1v) is 16.3. The summed E-state index contributed by atoms with van der Waals surface area (Å²) in [7, 11) is 0. The third kappa shape index (κ3) is 4.20. The van der Waals surface area contributed by atoms with Gasteiger partial charge in [0.1, 0.15) is 0 Å². The number of anilines is 6. The lowest BCUT2D eigenvalue weighted by atomic mass is 9.73. The monoisotopic (exact) mass is 606 g/mol. The molecule has 9 rings (SSSR count). The van der Waals surface area contributed by atoms with E-state index in [2.05, 4.69) is 182 Å². The highest BCUT2D eigenvalue weighted by molar-refractivity contribution is 6.00. The molecule has 2 heterocycles. The summed E-state index contributed by atoms with van der Waals surface area (Å²) in [4.78, 5) is 4.85. The number of rotatable bonds is 4. The van der Waals surface area contributed by atoms with E-state index in [1.165, 1.54) is 44.3 Å². The lowest BCUT2D eigenvalue weighted by molar-refractivity contribution is 0.471. The maximum atomic E-state index is 6.57. The van der Waals surface area contributed by atoms with Gasteiger partial charge in [-0.2, -0.15) is 0 Å². The molecule has 47 heavy (non-hydrogen) atoms. The van der Waals surface area contributed by atoms with Gasteiger partial charge in [0, 0.05) is 22.2 Å². The molecule has 0 N–H and O–H groups in total. The summed E-state index contributed by atoms with van der Waals surface area (Å²) in [6.45, 7) is 6.84. The minimum absolute atomic E-state index is 0.221. The smallest absolute Gasteiger partial charge is 0.151 e. The number of benzene rings is 7. The van der Waals surface area contributed by atoms with Gasteiger partial charge in [-0.05, 0) is 82.6 Å². The SMILES string of the molecule is Cc1cccc2c1N1c3cc(N(c4ccc(-c5ccccc5)cc4)c4cccc5ccccc45)ccc3C(C)(C)c3cccc(c31)O2. The molecule has 0 saturated carbocycles. The quantitative estimate of drug-likeness (QED) is 0.198. The predicted molar refractivity (Wildman–Crippen MR) is 196 cm³/mol. The second-order valence-corrected chi connectivity index (χ2v) is 13.1. The molecule has 0 radical (unpaired) electrons. The van der Waals surface area contributed by atoms with Gasteiger partial charge in [-0.15, -0.1) is 0 Å². The average molecular weight is 607 g/mol. The Hall–Kier alpha value is -5.80. The summed E-state index contributed by atoms with van der Waals surface area (Å²) in [5.41, 5.74) is 12.7. The highest BCUT2D eigenvalue weighted by atomic mass is 16.5. The van der Waals surface area contributed by atoms with Crippen molar-refractivity contribution in [2.24, 2.45) is 0 Å². The summed E-state index contributed by atoms with van der Waals surface area (Å²) in [5, 5.41) is 2.42. The summed E-state index contributed by atoms with van der Waals surface area (Å²) in [6, 6.07) is 54.6. The van der Waals surface area contributed by atoms with Gasteiger partial charge in [0.25, 0.3) is 0 Å². The molecule has 0 saturated heterocycles. The van der Waals surface area contributed by atoms with Gasteiger partial charge in [0.15, 0.2) is 11.5 Å². The van der Waals surface area contributed by atoms with Crippen molar-refractivity contribution < 1.29 is 4.74 Å². The Bertz CT molecular complexity index is 2320. The Labute approximate surface area is 275 Å². The number of hydrogen-bond donors (Lipinski definition) is 0. The van der Waals surface area contributed by atoms with Crippen LogP contribution < -0.4 is 14.5 Å². The minimum atomic E-state index is -0.221. The minimum Gasteiger partial charge on any atom is -0.453 e. The van der Waals surface area contributed by atoms with Crippen molar-refractivity contribution in [2.45, 2.75) is 26.2 Å². The molecule has 2 aliphatic heterocycles. The molecule has 2 aliphatic rings. The molecule has 0 bridgehead atoms. The number of ether oxygens (including phenoxy) is 1. The first-order chi connectivity index (χ1) is 23.0. The fourth-order valence-electron chi connectivity index (χ4n) is 7.59. The van der Waals surface area contributed by atoms with Crippen molar-refractivity contribution in [3.05, 3.63) is 168 Å². The van der Waals surface area contributed by atoms with Crippen LogP contribution in [0.25, 0.3) is 21.9 Å². The summed E-state index contributed by atoms with van der Waals surface area (Å²) >= 11 is 0. The standard InChI is InChI=1S/C44H34N2O/c1-29-12-9-20-40-42(29)46-39-28-34(26-27-36(39)44(2,3)37-18-11-21-41(47-40)43(37)46)45(38-19-10-16-32-15-7-8-17-35(32)38)33-24-22-31(23-25-33)30-13-5-4-6-14-30/h4-28H,1-3H3. The molecule has 0 unspecified atom stereocenters. The number of hydrogen-bond acceptors (Lipinski definition) is 3. The van der Waals surface area contributed by atoms with Gasteiger partial charge in [0.05, 0.1) is 22.7 Å². The van der Waals surface area contributed by atoms with Crippen LogP contribution in [0.1, 0.15) is 30.5 Å². The largest absolute Gasteiger partial charge is 0.453 e. The fourth-order valence-corrected chi connectivity index (χ4v) is 7.59. The fraction of sp³-hybridized carbons (Fsp3) is 0.0909. The zero-order chi connectivity index (χ0) is 31.7. The van der Waals surface area contributed by atoms with E-state index in [-0.39, 0.29) is 5.41 Å². The second kappa shape index (κ2) is 10.4. The van der Waals surface area contributed by atoms with Gasteiger partial charge in [-0.3, -0.25) is 0 Å². The highest BCUT2D eigenvalue weighted by Crippen LogP contribution is 2.61. The Balaban J connectivity index is 1.29. The summed E-state index contributed by atoms with van der Waals surface area (Å²) in [5.74, 6) is 1.78. The van der Waals surface area contributed by atoms with Crippen LogP contribution in [-0.2, 0) is 5.41 Å². The van der Waals surface area contributed by atoms with Crippen LogP contribution >= 0.6 is 0 Å². The number of fused-ring (bicyclic) bond motifs is 5. The molecule has 0 spiro atoms. The van der Waals surface area contributed by atoms with E-state index < -0.39 is 0 Å². The lowest BCUT2D eigenvalue weighted by Crippen LogP contribution is -2.32. The van der Waals surface area contributed by atoms with Gasteiger partial charge in [-0.1, -0.05) is 123 Å². The van der Waals surface area contributed by atoms with Crippen LogP contribution in [0, 0.1) is 6.92 Å². The second-order valence-electron chi connectivity index (χ2n) is 13.1. The molecule has 0 fully saturated rings. The summed E-state index contributed by atoms with van der Waals surface area (Å²) in [6.07, 6.45) is 0. The molecule has 3 heteroatoms. The predicted octanol–water partition coefficient (Wildman–Crippen LogP) is 12.5. The van der Waals surface area contributed by atoms with E-state index in [4.69, 9.17) is 4.74 Å². The van der Waals surface area contributed by atoms with E-state index in [9.17, 15) is 0 Å². The van der Waals surface area contributed by atoms with Crippen molar-refractivity contribution >= 4 is 44.9 Å². The molecule has 0 aromatic heterocycles. The molecule has 226 valence electrons. The third-order valence-electron chi connectivity index (χ3n) is 9.93. The van der Waals surface area contributed by atoms with Crippen molar-refractivity contribution in [2.75, 3.05) is 9.80 Å². The lowest BCUT2D eigenvalue weighted by Gasteiger charge is -2.45. The summed E-state index contributed by atoms with van der Waals surface area (Å²) < 4.78 is 6.57. The molecule has 7 aromatic carbocycles. The normalized spacial score (nSPS) is 13.7. The zero-order valence-corrected chi connectivity index (χ0v) is 26.7. The number of aryl methyl sites for hydroxylation is 1. The molecular weight excluding hydrogens is 572 g/mol. The van der Waals surface area contributed by atoms with E-state index in [0.717, 1.165) is 39.9 Å². The average Bonchev–Trinajstić information content (AvgIpc) is 3.11. The molecular formula is C44H34N2O.